The van der Waals surface area contributed by atoms with E-state index >= 15 is 0 Å². The molecule has 0 unspecified atom stereocenters. The first-order valence-electron chi connectivity index (χ1n) is 8.34. The maximum atomic E-state index is 14.0. The van der Waals surface area contributed by atoms with Crippen LogP contribution in [0.25, 0.3) is 22.5 Å². The summed E-state index contributed by atoms with van der Waals surface area (Å²) in [6, 6.07) is 23.1. The Labute approximate surface area is 150 Å². The Kier molecular flexibility index (Phi) is 4.32. The van der Waals surface area contributed by atoms with Crippen LogP contribution in [0.1, 0.15) is 11.4 Å². The second kappa shape index (κ2) is 6.92. The summed E-state index contributed by atoms with van der Waals surface area (Å²) >= 11 is 0. The van der Waals surface area contributed by atoms with E-state index in [0.717, 1.165) is 34.6 Å². The van der Waals surface area contributed by atoms with Crippen LogP contribution in [0.4, 0.5) is 8.78 Å². The first kappa shape index (κ1) is 16.2. The molecule has 4 aromatic rings. The van der Waals surface area contributed by atoms with Crippen molar-refractivity contribution in [1.82, 2.24) is 9.97 Å². The number of halogens is 2. The summed E-state index contributed by atoms with van der Waals surface area (Å²) in [6.45, 7) is 0. The van der Waals surface area contributed by atoms with Gasteiger partial charge in [-0.2, -0.15) is 0 Å². The highest BCUT2D eigenvalue weighted by Crippen LogP contribution is 2.30. The second-order valence-corrected chi connectivity index (χ2v) is 6.05. The molecule has 1 N–H and O–H groups in total. The summed E-state index contributed by atoms with van der Waals surface area (Å²) in [4.78, 5) is 7.97. The fourth-order valence-electron chi connectivity index (χ4n) is 2.98. The average molecular weight is 346 g/mol. The van der Waals surface area contributed by atoms with Crippen LogP contribution in [0.5, 0.6) is 0 Å². The molecule has 0 amide bonds. The van der Waals surface area contributed by atoms with E-state index in [1.54, 1.807) is 0 Å². The highest BCUT2D eigenvalue weighted by molar-refractivity contribution is 5.78. The molecular formula is C22H16F2N2. The van der Waals surface area contributed by atoms with E-state index in [0.29, 0.717) is 5.82 Å². The number of nitrogens with zero attached hydrogens (tertiary/aromatic N) is 1. The molecule has 4 rings (SSSR count). The molecule has 0 atom stereocenters. The standard InChI is InChI=1S/C22H16F2N2/c23-18-11-12-19(24)17(13-18)14-20-25-21(15-7-3-1-4-8-15)22(26-20)16-9-5-2-6-10-16/h1-13H,14H2,(H,25,26). The van der Waals surface area contributed by atoms with Crippen LogP contribution in [0.2, 0.25) is 0 Å². The third-order valence-corrected chi connectivity index (χ3v) is 4.23. The summed E-state index contributed by atoms with van der Waals surface area (Å²) < 4.78 is 27.5. The van der Waals surface area contributed by atoms with Crippen molar-refractivity contribution in [2.24, 2.45) is 0 Å². The van der Waals surface area contributed by atoms with Gasteiger partial charge in [0.15, 0.2) is 0 Å². The predicted molar refractivity (Wildman–Crippen MR) is 98.6 cm³/mol. The van der Waals surface area contributed by atoms with Gasteiger partial charge in [-0.25, -0.2) is 13.8 Å². The van der Waals surface area contributed by atoms with Crippen molar-refractivity contribution in [1.29, 1.82) is 0 Å². The predicted octanol–water partition coefficient (Wildman–Crippen LogP) is 5.61. The molecule has 0 aliphatic rings. The first-order chi connectivity index (χ1) is 12.7. The Balaban J connectivity index is 1.80. The molecule has 0 aliphatic heterocycles. The van der Waals surface area contributed by atoms with Crippen molar-refractivity contribution in [3.63, 3.8) is 0 Å². The topological polar surface area (TPSA) is 28.7 Å². The molecule has 0 bridgehead atoms. The van der Waals surface area contributed by atoms with E-state index in [1.807, 2.05) is 60.7 Å². The molecule has 0 saturated carbocycles. The number of H-pyrrole nitrogens is 1. The number of aromatic amines is 1. The molecule has 0 aliphatic carbocycles. The third kappa shape index (κ3) is 3.26. The van der Waals surface area contributed by atoms with E-state index in [2.05, 4.69) is 9.97 Å². The van der Waals surface area contributed by atoms with Crippen molar-refractivity contribution in [3.8, 4) is 22.5 Å². The quantitative estimate of drug-likeness (QED) is 0.511. The normalized spacial score (nSPS) is 10.8. The fraction of sp³-hybridized carbons (Fsp3) is 0.0455. The molecule has 0 spiro atoms. The molecule has 4 heteroatoms. The van der Waals surface area contributed by atoms with Crippen LogP contribution in [0.3, 0.4) is 0 Å². The lowest BCUT2D eigenvalue weighted by atomic mass is 10.1. The van der Waals surface area contributed by atoms with Crippen LogP contribution < -0.4 is 0 Å². The maximum absolute atomic E-state index is 14.0. The number of benzene rings is 3. The molecule has 0 fully saturated rings. The van der Waals surface area contributed by atoms with Crippen molar-refractivity contribution >= 4 is 0 Å². The van der Waals surface area contributed by atoms with Gasteiger partial charge >= 0.3 is 0 Å². The summed E-state index contributed by atoms with van der Waals surface area (Å²) in [5.41, 5.74) is 3.89. The largest absolute Gasteiger partial charge is 0.341 e. The number of nitrogens with one attached hydrogen (secondary N) is 1. The number of imidazole rings is 1. The minimum Gasteiger partial charge on any atom is -0.341 e. The van der Waals surface area contributed by atoms with Gasteiger partial charge in [-0.05, 0) is 23.8 Å². The Bertz CT molecular complexity index is 968. The fourth-order valence-corrected chi connectivity index (χ4v) is 2.98. The molecule has 1 heterocycles. The van der Waals surface area contributed by atoms with E-state index in [4.69, 9.17) is 0 Å². The lowest BCUT2D eigenvalue weighted by molar-refractivity contribution is 0.587. The van der Waals surface area contributed by atoms with Gasteiger partial charge < -0.3 is 4.98 Å². The molecule has 26 heavy (non-hydrogen) atoms. The van der Waals surface area contributed by atoms with Gasteiger partial charge in [-0.1, -0.05) is 60.7 Å². The summed E-state index contributed by atoms with van der Waals surface area (Å²) in [5, 5.41) is 0. The van der Waals surface area contributed by atoms with Gasteiger partial charge in [0.2, 0.25) is 0 Å². The summed E-state index contributed by atoms with van der Waals surface area (Å²) in [7, 11) is 0. The van der Waals surface area contributed by atoms with E-state index in [-0.39, 0.29) is 12.0 Å². The minimum absolute atomic E-state index is 0.191. The first-order valence-corrected chi connectivity index (χ1v) is 8.34. The van der Waals surface area contributed by atoms with Gasteiger partial charge in [0.05, 0.1) is 11.4 Å². The van der Waals surface area contributed by atoms with E-state index in [1.165, 1.54) is 6.07 Å². The lowest BCUT2D eigenvalue weighted by Crippen LogP contribution is -1.96. The zero-order chi connectivity index (χ0) is 17.9. The molecule has 2 nitrogen and oxygen atoms in total. The lowest BCUT2D eigenvalue weighted by Gasteiger charge is -2.02. The SMILES string of the molecule is Fc1ccc(F)c(Cc2nc(-c3ccccc3)c(-c3ccccc3)[nH]2)c1. The minimum atomic E-state index is -0.459. The Hall–Kier alpha value is -3.27. The highest BCUT2D eigenvalue weighted by Gasteiger charge is 2.15. The Morgan fingerprint density at radius 3 is 2.12 bits per heavy atom. The van der Waals surface area contributed by atoms with Crippen LogP contribution in [-0.4, -0.2) is 9.97 Å². The smallest absolute Gasteiger partial charge is 0.127 e. The zero-order valence-corrected chi connectivity index (χ0v) is 13.9. The average Bonchev–Trinajstić information content (AvgIpc) is 3.10. The molecule has 0 saturated heterocycles. The van der Waals surface area contributed by atoms with Gasteiger partial charge in [-0.15, -0.1) is 0 Å². The third-order valence-electron chi connectivity index (χ3n) is 4.23. The van der Waals surface area contributed by atoms with E-state index < -0.39 is 11.6 Å². The van der Waals surface area contributed by atoms with Gasteiger partial charge in [-0.3, -0.25) is 0 Å². The second-order valence-electron chi connectivity index (χ2n) is 6.05. The molecule has 128 valence electrons. The van der Waals surface area contributed by atoms with Crippen molar-refractivity contribution < 1.29 is 8.78 Å². The molecule has 1 aromatic heterocycles. The van der Waals surface area contributed by atoms with Crippen molar-refractivity contribution in [2.45, 2.75) is 6.42 Å². The van der Waals surface area contributed by atoms with E-state index in [9.17, 15) is 8.78 Å². The van der Waals surface area contributed by atoms with Crippen LogP contribution in [0.15, 0.2) is 78.9 Å². The van der Waals surface area contributed by atoms with Gasteiger partial charge in [0.25, 0.3) is 0 Å². The number of hydrogen-bond acceptors (Lipinski definition) is 1. The summed E-state index contributed by atoms with van der Waals surface area (Å²) in [5.74, 6) is -0.308. The number of aromatic nitrogens is 2. The highest BCUT2D eigenvalue weighted by atomic mass is 19.1. The van der Waals surface area contributed by atoms with Crippen LogP contribution >= 0.6 is 0 Å². The van der Waals surface area contributed by atoms with Gasteiger partial charge in [0, 0.05) is 17.5 Å². The molecule has 0 radical (unpaired) electrons. The Morgan fingerprint density at radius 2 is 1.42 bits per heavy atom. The number of hydrogen-bond donors (Lipinski definition) is 1. The van der Waals surface area contributed by atoms with Crippen LogP contribution in [0, 0.1) is 11.6 Å². The molecular weight excluding hydrogens is 330 g/mol. The van der Waals surface area contributed by atoms with Crippen molar-refractivity contribution in [3.05, 3.63) is 102 Å². The number of rotatable bonds is 4. The monoisotopic (exact) mass is 346 g/mol. The maximum Gasteiger partial charge on any atom is 0.127 e. The Morgan fingerprint density at radius 1 is 0.769 bits per heavy atom. The van der Waals surface area contributed by atoms with Crippen LogP contribution in [-0.2, 0) is 6.42 Å². The zero-order valence-electron chi connectivity index (χ0n) is 13.9. The van der Waals surface area contributed by atoms with Gasteiger partial charge in [0.1, 0.15) is 17.5 Å². The molecule has 3 aromatic carbocycles. The summed E-state index contributed by atoms with van der Waals surface area (Å²) in [6.07, 6.45) is 0.191. The van der Waals surface area contributed by atoms with Crippen molar-refractivity contribution in [2.75, 3.05) is 0 Å².